The number of phosphoric acid groups is 1. The summed E-state index contributed by atoms with van der Waals surface area (Å²) < 4.78 is 48.0. The average Bonchev–Trinajstić information content (AvgIpc) is 3.06. The summed E-state index contributed by atoms with van der Waals surface area (Å²) in [4.78, 5) is 8.91. The Labute approximate surface area is 302 Å². The van der Waals surface area contributed by atoms with Gasteiger partial charge in [-0.2, -0.15) is 0 Å². The molecule has 0 spiro atoms. The van der Waals surface area contributed by atoms with Crippen LogP contribution in [0.25, 0.3) is 0 Å². The minimum absolute atomic E-state index is 0.132. The lowest BCUT2D eigenvalue weighted by Crippen LogP contribution is -2.37. The Morgan fingerprint density at radius 3 is 1.94 bits per heavy atom. The third-order valence-electron chi connectivity index (χ3n) is 9.90. The summed E-state index contributed by atoms with van der Waals surface area (Å²) in [5, 5.41) is 17.8. The molecule has 0 amide bonds. The first-order valence-corrected chi connectivity index (χ1v) is 20.3. The number of benzene rings is 1. The molecule has 2 unspecified atom stereocenters. The normalized spacial score (nSPS) is 19.1. The van der Waals surface area contributed by atoms with E-state index in [1.807, 2.05) is 0 Å². The fourth-order valence-electron chi connectivity index (χ4n) is 6.59. The predicted molar refractivity (Wildman–Crippen MR) is 196 cm³/mol. The van der Waals surface area contributed by atoms with E-state index in [9.17, 15) is 9.67 Å². The Bertz CT molecular complexity index is 1150. The molecule has 2 rings (SSSR count). The molecule has 1 aliphatic rings. The van der Waals surface area contributed by atoms with Crippen LogP contribution in [0.4, 0.5) is 0 Å². The number of aliphatic hydroxyl groups is 1. The van der Waals surface area contributed by atoms with Gasteiger partial charge in [0.15, 0.2) is 0 Å². The van der Waals surface area contributed by atoms with Gasteiger partial charge in [-0.15, -0.1) is 4.67 Å². The zero-order valence-electron chi connectivity index (χ0n) is 32.3. The quantitative estimate of drug-likeness (QED) is 0.0330. The lowest BCUT2D eigenvalue weighted by Gasteiger charge is -2.38. The molecule has 50 heavy (non-hydrogen) atoms. The van der Waals surface area contributed by atoms with Gasteiger partial charge in [0.2, 0.25) is 0 Å². The van der Waals surface area contributed by atoms with Crippen LogP contribution in [0.15, 0.2) is 0 Å². The second-order valence-corrected chi connectivity index (χ2v) is 16.4. The van der Waals surface area contributed by atoms with Crippen molar-refractivity contribution in [3.8, 4) is 11.5 Å². The third-order valence-corrected chi connectivity index (χ3v) is 10.6. The summed E-state index contributed by atoms with van der Waals surface area (Å²) in [6.45, 7) is 19.6. The Morgan fingerprint density at radius 2 is 1.34 bits per heavy atom. The van der Waals surface area contributed by atoms with E-state index in [4.69, 9.17) is 33.8 Å². The smallest absolute Gasteiger partial charge is 0.491 e. The molecule has 11 nitrogen and oxygen atoms in total. The number of phosphoric ester groups is 1. The number of rotatable bonds is 28. The van der Waals surface area contributed by atoms with E-state index in [0.717, 1.165) is 65.2 Å². The van der Waals surface area contributed by atoms with Crippen molar-refractivity contribution in [2.45, 2.75) is 138 Å². The van der Waals surface area contributed by atoms with Crippen LogP contribution >= 0.6 is 7.82 Å². The summed E-state index contributed by atoms with van der Waals surface area (Å²) in [5.41, 5.74) is 4.56. The van der Waals surface area contributed by atoms with Crippen LogP contribution in [0.1, 0.15) is 121 Å². The average molecular weight is 733 g/mol. The lowest BCUT2D eigenvalue weighted by molar-refractivity contribution is -0.164. The predicted octanol–water partition coefficient (Wildman–Crippen LogP) is 8.53. The Kier molecular flexibility index (Phi) is 21.0. The maximum Gasteiger partial charge on any atom is 0.499 e. The first-order chi connectivity index (χ1) is 23.7. The fourth-order valence-corrected chi connectivity index (χ4v) is 7.00. The molecule has 0 radical (unpaired) electrons. The maximum atomic E-state index is 11.0. The summed E-state index contributed by atoms with van der Waals surface area (Å²) in [6, 6.07) is 0. The molecule has 0 fully saturated rings. The van der Waals surface area contributed by atoms with Gasteiger partial charge >= 0.3 is 7.82 Å². The first kappa shape index (κ1) is 44.9. The summed E-state index contributed by atoms with van der Waals surface area (Å²) in [6.07, 6.45) is 12.6. The van der Waals surface area contributed by atoms with E-state index in [-0.39, 0.29) is 25.4 Å². The van der Waals surface area contributed by atoms with Crippen LogP contribution in [-0.2, 0) is 34.4 Å². The van der Waals surface area contributed by atoms with Crippen molar-refractivity contribution in [3.05, 3.63) is 22.3 Å². The molecule has 0 aliphatic carbocycles. The standard InChI is InChI=1S/C38H69O11P/c1-28(2)12-9-13-29(3)14-10-15-30(4)16-11-18-38(8)19-17-35-33(7)36(31(5)32(6)37(35)48-38)46-25-24-44-21-20-43-22-23-45-26-34(39)27-47-50(41,42)49-40/h28-30,34,39-40H,9-27H2,1-8H3,(H,41,42)/t29-,30-,34?,38-/m0/s1. The van der Waals surface area contributed by atoms with Crippen molar-refractivity contribution in [3.63, 3.8) is 0 Å². The molecule has 1 aromatic carbocycles. The number of hydrogen-bond donors (Lipinski definition) is 3. The molecule has 1 heterocycles. The number of ether oxygens (including phenoxy) is 5. The molecule has 0 saturated heterocycles. The third kappa shape index (κ3) is 17.0. The number of hydrogen-bond acceptors (Lipinski definition) is 10. The van der Waals surface area contributed by atoms with Gasteiger partial charge in [-0.05, 0) is 87.8 Å². The summed E-state index contributed by atoms with van der Waals surface area (Å²) in [7, 11) is -4.55. The minimum atomic E-state index is -4.55. The van der Waals surface area contributed by atoms with E-state index in [2.05, 4.69) is 64.6 Å². The molecular formula is C38H69O11P. The molecule has 1 aromatic rings. The van der Waals surface area contributed by atoms with E-state index in [1.165, 1.54) is 56.9 Å². The summed E-state index contributed by atoms with van der Waals surface area (Å²) in [5.74, 6) is 4.41. The highest BCUT2D eigenvalue weighted by atomic mass is 31.2. The van der Waals surface area contributed by atoms with Crippen LogP contribution in [-0.4, -0.2) is 79.8 Å². The van der Waals surface area contributed by atoms with Gasteiger partial charge in [-0.1, -0.05) is 72.6 Å². The Morgan fingerprint density at radius 1 is 0.780 bits per heavy atom. The SMILES string of the molecule is Cc1c(C)c2c(c(C)c1OCCOCCOCCOCC(O)COP(=O)(O)OO)CC[C@](C)(CCC[C@@H](C)CCC[C@@H](C)CCCC(C)C)O2. The van der Waals surface area contributed by atoms with Gasteiger partial charge in [0.05, 0.1) is 46.2 Å². The zero-order chi connectivity index (χ0) is 37.2. The van der Waals surface area contributed by atoms with Crippen LogP contribution in [0.3, 0.4) is 0 Å². The fraction of sp³-hybridized carbons (Fsp3) is 0.842. The minimum Gasteiger partial charge on any atom is -0.491 e. The second kappa shape index (κ2) is 23.4. The van der Waals surface area contributed by atoms with Crippen molar-refractivity contribution in [2.24, 2.45) is 17.8 Å². The van der Waals surface area contributed by atoms with E-state index < -0.39 is 20.5 Å². The van der Waals surface area contributed by atoms with Gasteiger partial charge in [0, 0.05) is 5.56 Å². The van der Waals surface area contributed by atoms with E-state index >= 15 is 0 Å². The van der Waals surface area contributed by atoms with Gasteiger partial charge in [0.25, 0.3) is 0 Å². The van der Waals surface area contributed by atoms with Crippen LogP contribution < -0.4 is 9.47 Å². The monoisotopic (exact) mass is 732 g/mol. The topological polar surface area (TPSA) is 142 Å². The van der Waals surface area contributed by atoms with E-state index in [0.29, 0.717) is 26.4 Å². The van der Waals surface area contributed by atoms with Crippen molar-refractivity contribution in [2.75, 3.05) is 52.9 Å². The van der Waals surface area contributed by atoms with Crippen molar-refractivity contribution in [1.29, 1.82) is 0 Å². The van der Waals surface area contributed by atoms with Gasteiger partial charge < -0.3 is 33.7 Å². The maximum absolute atomic E-state index is 11.0. The van der Waals surface area contributed by atoms with Crippen molar-refractivity contribution in [1.82, 2.24) is 0 Å². The van der Waals surface area contributed by atoms with Crippen LogP contribution in [0, 0.1) is 38.5 Å². The zero-order valence-corrected chi connectivity index (χ0v) is 33.2. The first-order valence-electron chi connectivity index (χ1n) is 18.8. The molecule has 0 aromatic heterocycles. The highest BCUT2D eigenvalue weighted by Crippen LogP contribution is 2.45. The lowest BCUT2D eigenvalue weighted by atomic mass is 9.83. The Balaban J connectivity index is 1.65. The molecule has 292 valence electrons. The van der Waals surface area contributed by atoms with Gasteiger partial charge in [-0.25, -0.2) is 9.82 Å². The molecule has 3 N–H and O–H groups in total. The largest absolute Gasteiger partial charge is 0.499 e. The number of aliphatic hydroxyl groups excluding tert-OH is 1. The molecule has 0 bridgehead atoms. The van der Waals surface area contributed by atoms with Crippen molar-refractivity contribution < 1.29 is 52.7 Å². The molecular weight excluding hydrogens is 663 g/mol. The van der Waals surface area contributed by atoms with Crippen LogP contribution in [0.2, 0.25) is 0 Å². The second-order valence-electron chi connectivity index (χ2n) is 15.1. The van der Waals surface area contributed by atoms with Gasteiger partial charge in [0.1, 0.15) is 29.8 Å². The molecule has 1 aliphatic heterocycles. The molecule has 12 heteroatoms. The van der Waals surface area contributed by atoms with Crippen LogP contribution in [0.5, 0.6) is 11.5 Å². The molecule has 5 atom stereocenters. The number of fused-ring (bicyclic) bond motifs is 1. The highest BCUT2D eigenvalue weighted by Gasteiger charge is 2.34. The molecule has 0 saturated carbocycles. The Hall–Kier alpha value is -1.27. The highest BCUT2D eigenvalue weighted by molar-refractivity contribution is 7.47. The van der Waals surface area contributed by atoms with E-state index in [1.54, 1.807) is 0 Å². The van der Waals surface area contributed by atoms with Crippen molar-refractivity contribution >= 4 is 7.82 Å². The van der Waals surface area contributed by atoms with Gasteiger partial charge in [-0.3, -0.25) is 4.52 Å². The summed E-state index contributed by atoms with van der Waals surface area (Å²) >= 11 is 0.